The van der Waals surface area contributed by atoms with Gasteiger partial charge in [0.2, 0.25) is 0 Å². The van der Waals surface area contributed by atoms with Gasteiger partial charge in [0.1, 0.15) is 17.9 Å². The average molecular weight is 277 g/mol. The predicted molar refractivity (Wildman–Crippen MR) is 78.3 cm³/mol. The Bertz CT molecular complexity index is 471. The molecule has 1 atom stereocenters. The summed E-state index contributed by atoms with van der Waals surface area (Å²) >= 11 is 0. The van der Waals surface area contributed by atoms with Crippen LogP contribution in [-0.4, -0.2) is 30.3 Å². The fraction of sp³-hybridized carbons (Fsp3) is 0.562. The molecule has 1 aromatic rings. The SMILES string of the molecule is CC1(C)CCCC1NCCOc1ccccc1C(=O)O. The van der Waals surface area contributed by atoms with Crippen LogP contribution in [0.4, 0.5) is 0 Å². The third kappa shape index (κ3) is 3.51. The van der Waals surface area contributed by atoms with E-state index < -0.39 is 5.97 Å². The van der Waals surface area contributed by atoms with Gasteiger partial charge in [-0.25, -0.2) is 4.79 Å². The standard InChI is InChI=1S/C16H23NO3/c1-16(2)9-5-8-14(16)17-10-11-20-13-7-4-3-6-12(13)15(18)19/h3-4,6-7,14,17H,5,8-11H2,1-2H3,(H,18,19). The van der Waals surface area contributed by atoms with Gasteiger partial charge < -0.3 is 15.2 Å². The quantitative estimate of drug-likeness (QED) is 0.785. The van der Waals surface area contributed by atoms with Crippen LogP contribution in [0.2, 0.25) is 0 Å². The van der Waals surface area contributed by atoms with E-state index in [4.69, 9.17) is 9.84 Å². The first-order valence-electron chi connectivity index (χ1n) is 7.19. The third-order valence-electron chi connectivity index (χ3n) is 4.13. The molecule has 4 heteroatoms. The van der Waals surface area contributed by atoms with Crippen LogP contribution in [-0.2, 0) is 0 Å². The van der Waals surface area contributed by atoms with E-state index in [1.54, 1.807) is 24.3 Å². The monoisotopic (exact) mass is 277 g/mol. The minimum absolute atomic E-state index is 0.216. The van der Waals surface area contributed by atoms with Gasteiger partial charge in [-0.15, -0.1) is 0 Å². The second kappa shape index (κ2) is 6.27. The Morgan fingerprint density at radius 1 is 1.45 bits per heavy atom. The smallest absolute Gasteiger partial charge is 0.339 e. The average Bonchev–Trinajstić information content (AvgIpc) is 2.74. The second-order valence-electron chi connectivity index (χ2n) is 6.04. The van der Waals surface area contributed by atoms with Gasteiger partial charge in [0.15, 0.2) is 0 Å². The lowest BCUT2D eigenvalue weighted by atomic mass is 9.87. The number of aromatic carboxylic acids is 1. The number of hydrogen-bond acceptors (Lipinski definition) is 3. The zero-order valence-electron chi connectivity index (χ0n) is 12.2. The van der Waals surface area contributed by atoms with Gasteiger partial charge >= 0.3 is 5.97 Å². The fourth-order valence-electron chi connectivity index (χ4n) is 2.87. The molecule has 0 aliphatic heterocycles. The first-order valence-corrected chi connectivity index (χ1v) is 7.19. The number of para-hydroxylation sites is 1. The van der Waals surface area contributed by atoms with Crippen LogP contribution < -0.4 is 10.1 Å². The summed E-state index contributed by atoms with van der Waals surface area (Å²) in [5.74, 6) is -0.516. The first-order chi connectivity index (χ1) is 9.50. The van der Waals surface area contributed by atoms with Crippen LogP contribution in [0.3, 0.4) is 0 Å². The van der Waals surface area contributed by atoms with Crippen molar-refractivity contribution in [3.63, 3.8) is 0 Å². The minimum atomic E-state index is -0.953. The molecule has 110 valence electrons. The van der Waals surface area contributed by atoms with Gasteiger partial charge in [-0.2, -0.15) is 0 Å². The number of ether oxygens (including phenoxy) is 1. The molecule has 0 saturated heterocycles. The maximum Gasteiger partial charge on any atom is 0.339 e. The molecular formula is C16H23NO3. The molecule has 1 aliphatic carbocycles. The zero-order chi connectivity index (χ0) is 14.6. The van der Waals surface area contributed by atoms with Crippen molar-refractivity contribution in [1.29, 1.82) is 0 Å². The number of carbonyl (C=O) groups is 1. The number of carboxylic acid groups (broad SMARTS) is 1. The van der Waals surface area contributed by atoms with Crippen molar-refractivity contribution in [3.05, 3.63) is 29.8 Å². The molecule has 1 aliphatic rings. The van der Waals surface area contributed by atoms with Crippen LogP contribution in [0.25, 0.3) is 0 Å². The van der Waals surface area contributed by atoms with Gasteiger partial charge in [0.05, 0.1) is 0 Å². The molecule has 2 N–H and O–H groups in total. The van der Waals surface area contributed by atoms with E-state index in [1.807, 2.05) is 0 Å². The lowest BCUT2D eigenvalue weighted by Crippen LogP contribution is -2.39. The van der Waals surface area contributed by atoms with E-state index in [2.05, 4.69) is 19.2 Å². The van der Waals surface area contributed by atoms with Crippen molar-refractivity contribution < 1.29 is 14.6 Å². The summed E-state index contributed by atoms with van der Waals surface area (Å²) in [5, 5.41) is 12.6. The number of carboxylic acids is 1. The Morgan fingerprint density at radius 3 is 2.85 bits per heavy atom. The Balaban J connectivity index is 1.81. The molecule has 0 heterocycles. The maximum absolute atomic E-state index is 11.1. The minimum Gasteiger partial charge on any atom is -0.491 e. The van der Waals surface area contributed by atoms with Crippen LogP contribution in [0.5, 0.6) is 5.75 Å². The number of benzene rings is 1. The summed E-state index contributed by atoms with van der Waals surface area (Å²) in [6.45, 7) is 5.80. The van der Waals surface area contributed by atoms with E-state index in [-0.39, 0.29) is 5.56 Å². The third-order valence-corrected chi connectivity index (χ3v) is 4.13. The highest BCUT2D eigenvalue weighted by Crippen LogP contribution is 2.36. The molecule has 2 rings (SSSR count). The van der Waals surface area contributed by atoms with Gasteiger partial charge in [-0.1, -0.05) is 32.4 Å². The first kappa shape index (κ1) is 14.9. The van der Waals surface area contributed by atoms with Crippen molar-refractivity contribution in [1.82, 2.24) is 5.32 Å². The molecule has 4 nitrogen and oxygen atoms in total. The summed E-state index contributed by atoms with van der Waals surface area (Å²) in [7, 11) is 0. The molecule has 0 amide bonds. The van der Waals surface area contributed by atoms with E-state index in [0.29, 0.717) is 23.8 Å². The second-order valence-corrected chi connectivity index (χ2v) is 6.04. The summed E-state index contributed by atoms with van der Waals surface area (Å²) < 4.78 is 5.58. The maximum atomic E-state index is 11.1. The molecule has 0 bridgehead atoms. The molecule has 1 saturated carbocycles. The summed E-state index contributed by atoms with van der Waals surface area (Å²) in [4.78, 5) is 11.1. The topological polar surface area (TPSA) is 58.6 Å². The Kier molecular flexibility index (Phi) is 4.65. The summed E-state index contributed by atoms with van der Waals surface area (Å²) in [5.41, 5.74) is 0.563. The molecule has 1 unspecified atom stereocenters. The highest BCUT2D eigenvalue weighted by Gasteiger charge is 2.33. The van der Waals surface area contributed by atoms with E-state index in [9.17, 15) is 4.79 Å². The Labute approximate surface area is 120 Å². The van der Waals surface area contributed by atoms with Crippen LogP contribution in [0.1, 0.15) is 43.5 Å². The zero-order valence-corrected chi connectivity index (χ0v) is 12.2. The molecule has 0 spiro atoms. The Hall–Kier alpha value is -1.55. The highest BCUT2D eigenvalue weighted by atomic mass is 16.5. The lowest BCUT2D eigenvalue weighted by Gasteiger charge is -2.28. The summed E-state index contributed by atoms with van der Waals surface area (Å²) in [6.07, 6.45) is 3.74. The molecule has 0 aromatic heterocycles. The van der Waals surface area contributed by atoms with Crippen molar-refractivity contribution in [2.75, 3.05) is 13.2 Å². The van der Waals surface area contributed by atoms with Gasteiger partial charge in [0, 0.05) is 12.6 Å². The van der Waals surface area contributed by atoms with Gasteiger partial charge in [0.25, 0.3) is 0 Å². The molecule has 1 fully saturated rings. The number of nitrogens with one attached hydrogen (secondary N) is 1. The van der Waals surface area contributed by atoms with Crippen molar-refractivity contribution in [3.8, 4) is 5.75 Å². The molecule has 1 aromatic carbocycles. The van der Waals surface area contributed by atoms with Crippen LogP contribution >= 0.6 is 0 Å². The van der Waals surface area contributed by atoms with Crippen LogP contribution in [0.15, 0.2) is 24.3 Å². The van der Waals surface area contributed by atoms with Crippen molar-refractivity contribution >= 4 is 5.97 Å². The van der Waals surface area contributed by atoms with Crippen molar-refractivity contribution in [2.24, 2.45) is 5.41 Å². The van der Waals surface area contributed by atoms with Gasteiger partial charge in [-0.05, 0) is 30.4 Å². The number of rotatable bonds is 6. The van der Waals surface area contributed by atoms with Crippen molar-refractivity contribution in [2.45, 2.75) is 39.2 Å². The lowest BCUT2D eigenvalue weighted by molar-refractivity contribution is 0.0692. The summed E-state index contributed by atoms with van der Waals surface area (Å²) in [6, 6.07) is 7.28. The normalized spacial score (nSPS) is 20.8. The van der Waals surface area contributed by atoms with Crippen LogP contribution in [0, 0.1) is 5.41 Å². The fourth-order valence-corrected chi connectivity index (χ4v) is 2.87. The van der Waals surface area contributed by atoms with Gasteiger partial charge in [-0.3, -0.25) is 0 Å². The number of hydrogen-bond donors (Lipinski definition) is 2. The molecule has 0 radical (unpaired) electrons. The van der Waals surface area contributed by atoms with E-state index >= 15 is 0 Å². The largest absolute Gasteiger partial charge is 0.491 e. The van der Waals surface area contributed by atoms with E-state index in [0.717, 1.165) is 6.54 Å². The highest BCUT2D eigenvalue weighted by molar-refractivity contribution is 5.90. The predicted octanol–water partition coefficient (Wildman–Crippen LogP) is 2.93. The molecular weight excluding hydrogens is 254 g/mol. The Morgan fingerprint density at radius 2 is 2.20 bits per heavy atom. The molecule has 20 heavy (non-hydrogen) atoms. The van der Waals surface area contributed by atoms with E-state index in [1.165, 1.54) is 19.3 Å².